The van der Waals surface area contributed by atoms with Gasteiger partial charge in [-0.15, -0.1) is 11.8 Å². The van der Waals surface area contributed by atoms with Gasteiger partial charge in [-0.1, -0.05) is 20.3 Å². The van der Waals surface area contributed by atoms with E-state index >= 15 is 0 Å². The van der Waals surface area contributed by atoms with Crippen LogP contribution < -0.4 is 11.1 Å². The first kappa shape index (κ1) is 16.4. The molecule has 110 valence electrons. The summed E-state index contributed by atoms with van der Waals surface area (Å²) in [4.78, 5) is 10.2. The topological polar surface area (TPSA) is 89.8 Å². The van der Waals surface area contributed by atoms with Crippen molar-refractivity contribution in [2.45, 2.75) is 38.6 Å². The van der Waals surface area contributed by atoms with Gasteiger partial charge in [0.05, 0.1) is 0 Å². The van der Waals surface area contributed by atoms with Crippen LogP contribution in [0.2, 0.25) is 0 Å². The molecule has 0 aromatic carbocycles. The Kier molecular flexibility index (Phi) is 7.58. The van der Waals surface area contributed by atoms with E-state index in [-0.39, 0.29) is 5.50 Å². The van der Waals surface area contributed by atoms with Crippen molar-refractivity contribution in [3.05, 3.63) is 12.3 Å². The van der Waals surface area contributed by atoms with Crippen LogP contribution in [0.1, 0.15) is 33.1 Å². The van der Waals surface area contributed by atoms with Gasteiger partial charge in [-0.3, -0.25) is 9.89 Å². The normalized spacial score (nSPS) is 18.6. The average molecular weight is 294 g/mol. The van der Waals surface area contributed by atoms with E-state index in [1.165, 1.54) is 4.90 Å². The number of nitrogens with zero attached hydrogens (tertiary/aromatic N) is 4. The molecule has 1 atom stereocenters. The van der Waals surface area contributed by atoms with Crippen molar-refractivity contribution in [1.82, 2.24) is 10.2 Å². The second-order valence-electron chi connectivity index (χ2n) is 4.28. The van der Waals surface area contributed by atoms with Crippen LogP contribution in [0, 0.1) is 11.5 Å². The molecule has 0 bridgehead atoms. The van der Waals surface area contributed by atoms with Gasteiger partial charge in [0.2, 0.25) is 0 Å². The molecule has 1 aliphatic heterocycles. The molecule has 0 aromatic heterocycles. The molecule has 3 N–H and O–H groups in total. The van der Waals surface area contributed by atoms with Crippen LogP contribution in [0.25, 0.3) is 0 Å². The Bertz CT molecular complexity index is 423. The first-order chi connectivity index (χ1) is 9.71. The third-order valence-corrected chi connectivity index (χ3v) is 3.68. The highest BCUT2D eigenvalue weighted by Crippen LogP contribution is 2.21. The summed E-state index contributed by atoms with van der Waals surface area (Å²) >= 11 is 1.65. The van der Waals surface area contributed by atoms with E-state index in [2.05, 4.69) is 28.4 Å². The van der Waals surface area contributed by atoms with Crippen LogP contribution in [0.3, 0.4) is 0 Å². The number of unbranched alkanes of at least 4 members (excludes halogenated alkanes) is 1. The van der Waals surface area contributed by atoms with E-state index in [4.69, 9.17) is 11.0 Å². The molecule has 0 spiro atoms. The molecule has 1 rings (SSSR count). The van der Waals surface area contributed by atoms with Crippen LogP contribution in [0.5, 0.6) is 0 Å². The van der Waals surface area contributed by atoms with Crippen LogP contribution in [-0.2, 0) is 0 Å². The van der Waals surface area contributed by atoms with Gasteiger partial charge in [0.1, 0.15) is 5.84 Å². The molecule has 1 heterocycles. The van der Waals surface area contributed by atoms with Gasteiger partial charge in [0, 0.05) is 12.7 Å². The van der Waals surface area contributed by atoms with Gasteiger partial charge in [-0.2, -0.15) is 5.26 Å². The minimum absolute atomic E-state index is 0.224. The van der Waals surface area contributed by atoms with E-state index in [0.717, 1.165) is 25.0 Å². The van der Waals surface area contributed by atoms with Crippen molar-refractivity contribution in [3.63, 3.8) is 0 Å². The molecular weight excluding hydrogens is 272 g/mol. The molecule has 20 heavy (non-hydrogen) atoms. The molecule has 0 saturated heterocycles. The number of nitrogens with one attached hydrogen (secondary N) is 1. The number of aliphatic imine (C=N–C) groups is 2. The largest absolute Gasteiger partial charge is 0.370 e. The van der Waals surface area contributed by atoms with Crippen molar-refractivity contribution in [3.8, 4) is 6.19 Å². The van der Waals surface area contributed by atoms with E-state index < -0.39 is 0 Å². The molecule has 0 fully saturated rings. The van der Waals surface area contributed by atoms with Crippen LogP contribution in [-0.4, -0.2) is 34.5 Å². The maximum Gasteiger partial charge on any atom is 0.194 e. The number of rotatable bonds is 6. The molecule has 7 heteroatoms. The second-order valence-corrected chi connectivity index (χ2v) is 5.44. The van der Waals surface area contributed by atoms with E-state index in [0.29, 0.717) is 18.3 Å². The minimum atomic E-state index is -0.224. The van der Waals surface area contributed by atoms with Crippen molar-refractivity contribution >= 4 is 23.6 Å². The summed E-state index contributed by atoms with van der Waals surface area (Å²) in [6.45, 7) is 4.87. The Labute approximate surface area is 124 Å². The molecule has 0 aliphatic carbocycles. The van der Waals surface area contributed by atoms with Gasteiger partial charge in [-0.25, -0.2) is 4.99 Å². The van der Waals surface area contributed by atoms with E-state index in [1.54, 1.807) is 24.0 Å². The summed E-state index contributed by atoms with van der Waals surface area (Å²) in [5.74, 6) is 1.98. The third kappa shape index (κ3) is 5.53. The summed E-state index contributed by atoms with van der Waals surface area (Å²) in [5, 5.41) is 12.0. The Morgan fingerprint density at radius 1 is 1.60 bits per heavy atom. The van der Waals surface area contributed by atoms with Crippen LogP contribution in [0.15, 0.2) is 22.3 Å². The van der Waals surface area contributed by atoms with Gasteiger partial charge >= 0.3 is 0 Å². The molecule has 1 aliphatic rings. The summed E-state index contributed by atoms with van der Waals surface area (Å²) < 4.78 is 0. The lowest BCUT2D eigenvalue weighted by Crippen LogP contribution is -2.39. The Hall–Kier alpha value is -1.68. The summed E-state index contributed by atoms with van der Waals surface area (Å²) in [7, 11) is 0. The Morgan fingerprint density at radius 2 is 2.40 bits per heavy atom. The zero-order chi connectivity index (χ0) is 14.8. The lowest BCUT2D eigenvalue weighted by atomic mass is 10.4. The van der Waals surface area contributed by atoms with E-state index in [1.807, 2.05) is 6.92 Å². The molecule has 6 nitrogen and oxygen atoms in total. The smallest absolute Gasteiger partial charge is 0.194 e. The van der Waals surface area contributed by atoms with Gasteiger partial charge in [-0.05, 0) is 24.7 Å². The average Bonchev–Trinajstić information content (AvgIpc) is 2.46. The maximum atomic E-state index is 9.08. The number of hydrogen-bond donors (Lipinski definition) is 2. The first-order valence-corrected chi connectivity index (χ1v) is 7.88. The van der Waals surface area contributed by atoms with Gasteiger partial charge in [0.25, 0.3) is 0 Å². The lowest BCUT2D eigenvalue weighted by Gasteiger charge is -2.24. The molecule has 1 unspecified atom stereocenters. The highest BCUT2D eigenvalue weighted by atomic mass is 32.2. The predicted octanol–water partition coefficient (Wildman–Crippen LogP) is 1.83. The SMILES string of the molecule is CCCCSC1N=C(NC(N)=NCCC)C=CN1C#N. The summed E-state index contributed by atoms with van der Waals surface area (Å²) in [5.41, 5.74) is 5.54. The fourth-order valence-electron chi connectivity index (χ4n) is 1.46. The number of hydrogen-bond acceptors (Lipinski definition) is 5. The predicted molar refractivity (Wildman–Crippen MR) is 85.1 cm³/mol. The number of amidine groups is 1. The summed E-state index contributed by atoms with van der Waals surface area (Å²) in [6, 6.07) is 0. The zero-order valence-electron chi connectivity index (χ0n) is 12.0. The molecule has 0 aromatic rings. The first-order valence-electron chi connectivity index (χ1n) is 6.83. The second kappa shape index (κ2) is 9.26. The van der Waals surface area contributed by atoms with Gasteiger partial charge in [0.15, 0.2) is 17.7 Å². The number of nitrogens with two attached hydrogens (primary N) is 1. The lowest BCUT2D eigenvalue weighted by molar-refractivity contribution is 0.497. The Balaban J connectivity index is 2.63. The zero-order valence-corrected chi connectivity index (χ0v) is 12.9. The molecule has 0 radical (unpaired) electrons. The molecular formula is C13H22N6S. The number of thioether (sulfide) groups is 1. The van der Waals surface area contributed by atoms with Crippen molar-refractivity contribution < 1.29 is 0 Å². The van der Waals surface area contributed by atoms with Crippen molar-refractivity contribution in [1.29, 1.82) is 5.26 Å². The van der Waals surface area contributed by atoms with Crippen LogP contribution >= 0.6 is 11.8 Å². The molecule has 0 saturated carbocycles. The fourth-order valence-corrected chi connectivity index (χ4v) is 2.59. The maximum absolute atomic E-state index is 9.08. The highest BCUT2D eigenvalue weighted by molar-refractivity contribution is 7.99. The number of guanidine groups is 1. The number of nitriles is 1. The standard InChI is InChI=1S/C13H22N6S/c1-3-5-9-20-13-18-11(6-8-19(13)10-14)17-12(15)16-7-4-2/h6,8,13H,3-5,7,9H2,1-2H3,(H3,15,16,17,18). The fraction of sp³-hybridized carbons (Fsp3) is 0.615. The van der Waals surface area contributed by atoms with Gasteiger partial charge < -0.3 is 11.1 Å². The summed E-state index contributed by atoms with van der Waals surface area (Å²) in [6.07, 6.45) is 8.76. The van der Waals surface area contributed by atoms with E-state index in [9.17, 15) is 0 Å². The quantitative estimate of drug-likeness (QED) is 0.337. The monoisotopic (exact) mass is 294 g/mol. The third-order valence-electron chi connectivity index (χ3n) is 2.52. The Morgan fingerprint density at radius 3 is 3.05 bits per heavy atom. The van der Waals surface area contributed by atoms with Crippen molar-refractivity contribution in [2.24, 2.45) is 15.7 Å². The molecule has 0 amide bonds. The van der Waals surface area contributed by atoms with Crippen molar-refractivity contribution in [2.75, 3.05) is 12.3 Å². The van der Waals surface area contributed by atoms with Crippen LogP contribution in [0.4, 0.5) is 0 Å². The minimum Gasteiger partial charge on any atom is -0.370 e. The highest BCUT2D eigenvalue weighted by Gasteiger charge is 2.18.